The van der Waals surface area contributed by atoms with E-state index < -0.39 is 12.1 Å². The molecule has 0 bridgehead atoms. The molecule has 2 aromatic rings. The zero-order valence-corrected chi connectivity index (χ0v) is 14.6. The van der Waals surface area contributed by atoms with Crippen LogP contribution in [0.1, 0.15) is 29.8 Å². The van der Waals surface area contributed by atoms with Crippen LogP contribution in [0.25, 0.3) is 0 Å². The van der Waals surface area contributed by atoms with Gasteiger partial charge in [0.05, 0.1) is 5.56 Å². The Hall–Kier alpha value is -3.02. The Morgan fingerprint density at radius 3 is 2.77 bits per heavy atom. The average molecular weight is 353 g/mol. The molecule has 0 saturated carbocycles. The van der Waals surface area contributed by atoms with Crippen LogP contribution in [0, 0.1) is 0 Å². The third-order valence-corrected chi connectivity index (χ3v) is 4.68. The summed E-state index contributed by atoms with van der Waals surface area (Å²) in [6.45, 7) is 3.72. The molecule has 1 amide bonds. The molecule has 4 rings (SSSR count). The lowest BCUT2D eigenvalue weighted by Crippen LogP contribution is -2.43. The summed E-state index contributed by atoms with van der Waals surface area (Å²) in [5, 5.41) is 0. The van der Waals surface area contributed by atoms with E-state index in [1.807, 2.05) is 31.2 Å². The summed E-state index contributed by atoms with van der Waals surface area (Å²) >= 11 is 0. The monoisotopic (exact) mass is 353 g/mol. The molecule has 0 N–H and O–H groups in total. The maximum atomic E-state index is 12.9. The van der Waals surface area contributed by atoms with E-state index in [2.05, 4.69) is 0 Å². The van der Waals surface area contributed by atoms with Gasteiger partial charge in [0, 0.05) is 11.7 Å². The van der Waals surface area contributed by atoms with Gasteiger partial charge in [-0.1, -0.05) is 18.2 Å². The molecule has 0 unspecified atom stereocenters. The number of ether oxygens (including phenoxy) is 3. The summed E-state index contributed by atoms with van der Waals surface area (Å²) in [5.41, 5.74) is 2.34. The van der Waals surface area contributed by atoms with Crippen LogP contribution in [0.4, 0.5) is 5.69 Å². The van der Waals surface area contributed by atoms with Gasteiger partial charge < -0.3 is 19.1 Å². The topological polar surface area (TPSA) is 65.1 Å². The summed E-state index contributed by atoms with van der Waals surface area (Å²) < 4.78 is 15.9. The molecular weight excluding hydrogens is 334 g/mol. The zero-order chi connectivity index (χ0) is 18.3. The highest BCUT2D eigenvalue weighted by Crippen LogP contribution is 2.34. The Labute approximate surface area is 151 Å². The van der Waals surface area contributed by atoms with Crippen molar-refractivity contribution in [2.45, 2.75) is 32.4 Å². The number of benzene rings is 2. The number of para-hydroxylation sites is 1. The van der Waals surface area contributed by atoms with Crippen LogP contribution in [0.3, 0.4) is 0 Å². The van der Waals surface area contributed by atoms with Gasteiger partial charge in [-0.25, -0.2) is 4.79 Å². The van der Waals surface area contributed by atoms with E-state index in [4.69, 9.17) is 14.2 Å². The maximum Gasteiger partial charge on any atom is 0.339 e. The van der Waals surface area contributed by atoms with Crippen LogP contribution in [-0.4, -0.2) is 30.8 Å². The highest BCUT2D eigenvalue weighted by molar-refractivity contribution is 6.01. The summed E-state index contributed by atoms with van der Waals surface area (Å²) in [6.07, 6.45) is -0.0911. The van der Waals surface area contributed by atoms with Crippen molar-refractivity contribution in [3.05, 3.63) is 53.6 Å². The first-order chi connectivity index (χ1) is 12.5. The van der Waals surface area contributed by atoms with Crippen LogP contribution in [0.5, 0.6) is 11.5 Å². The number of anilines is 1. The SMILES string of the molecule is C[C@@H](OC(=O)c1ccc2c(c1)OCO2)C(=O)N1c2ccccc2C[C@@H]1C. The standard InChI is InChI=1S/C20H19NO5/c1-12-9-14-5-3-4-6-16(14)21(12)19(22)13(2)26-20(23)15-7-8-17-18(10-15)25-11-24-17/h3-8,10,12-13H,9,11H2,1-2H3/t12-,13+/m0/s1. The van der Waals surface area contributed by atoms with Gasteiger partial charge in [0.1, 0.15) is 0 Å². The van der Waals surface area contributed by atoms with Crippen LogP contribution in [0.2, 0.25) is 0 Å². The number of carbonyl (C=O) groups excluding carboxylic acids is 2. The van der Waals surface area contributed by atoms with Crippen LogP contribution >= 0.6 is 0 Å². The molecule has 6 nitrogen and oxygen atoms in total. The number of nitrogens with zero attached hydrogens (tertiary/aromatic N) is 1. The van der Waals surface area contributed by atoms with Crippen LogP contribution < -0.4 is 14.4 Å². The van der Waals surface area contributed by atoms with Crippen molar-refractivity contribution in [2.24, 2.45) is 0 Å². The Morgan fingerprint density at radius 1 is 1.15 bits per heavy atom. The molecule has 0 fully saturated rings. The molecule has 2 aliphatic rings. The van der Waals surface area contributed by atoms with Gasteiger partial charge in [0.25, 0.3) is 5.91 Å². The van der Waals surface area contributed by atoms with Gasteiger partial charge in [-0.05, 0) is 50.1 Å². The van der Waals surface area contributed by atoms with Crippen LogP contribution in [0.15, 0.2) is 42.5 Å². The summed E-state index contributed by atoms with van der Waals surface area (Å²) in [6, 6.07) is 12.7. The van der Waals surface area contributed by atoms with Crippen molar-refractivity contribution >= 4 is 17.6 Å². The molecular formula is C20H19NO5. The van der Waals surface area contributed by atoms with Crippen LogP contribution in [-0.2, 0) is 16.0 Å². The van der Waals surface area contributed by atoms with E-state index in [0.29, 0.717) is 17.1 Å². The summed E-state index contributed by atoms with van der Waals surface area (Å²) in [5.74, 6) is 0.300. The molecule has 0 spiro atoms. The molecule has 0 radical (unpaired) electrons. The molecule has 0 aliphatic carbocycles. The smallest absolute Gasteiger partial charge is 0.339 e. The first kappa shape index (κ1) is 16.4. The summed E-state index contributed by atoms with van der Waals surface area (Å²) in [4.78, 5) is 27.0. The molecule has 26 heavy (non-hydrogen) atoms. The number of amides is 1. The highest BCUT2D eigenvalue weighted by atomic mass is 16.7. The molecule has 2 atom stereocenters. The second-order valence-electron chi connectivity index (χ2n) is 6.51. The number of carbonyl (C=O) groups is 2. The van der Waals surface area contributed by atoms with Crippen molar-refractivity contribution in [1.29, 1.82) is 0 Å². The predicted molar refractivity (Wildman–Crippen MR) is 94.5 cm³/mol. The lowest BCUT2D eigenvalue weighted by molar-refractivity contribution is -0.126. The van der Waals surface area contributed by atoms with Gasteiger partial charge >= 0.3 is 5.97 Å². The molecule has 2 heterocycles. The lowest BCUT2D eigenvalue weighted by Gasteiger charge is -2.25. The van der Waals surface area contributed by atoms with Gasteiger partial charge in [0.2, 0.25) is 6.79 Å². The Bertz CT molecular complexity index is 878. The quantitative estimate of drug-likeness (QED) is 0.794. The average Bonchev–Trinajstić information content (AvgIpc) is 3.23. The molecule has 0 saturated heterocycles. The third-order valence-electron chi connectivity index (χ3n) is 4.68. The van der Waals surface area contributed by atoms with Crippen molar-refractivity contribution in [2.75, 3.05) is 11.7 Å². The number of rotatable bonds is 3. The second kappa shape index (κ2) is 6.37. The molecule has 6 heteroatoms. The molecule has 134 valence electrons. The fraction of sp³-hybridized carbons (Fsp3) is 0.300. The van der Waals surface area contributed by atoms with E-state index in [1.54, 1.807) is 30.0 Å². The first-order valence-corrected chi connectivity index (χ1v) is 8.56. The Balaban J connectivity index is 1.48. The maximum absolute atomic E-state index is 12.9. The lowest BCUT2D eigenvalue weighted by atomic mass is 10.1. The fourth-order valence-corrected chi connectivity index (χ4v) is 3.40. The fourth-order valence-electron chi connectivity index (χ4n) is 3.40. The molecule has 0 aromatic heterocycles. The minimum Gasteiger partial charge on any atom is -0.454 e. The van der Waals surface area contributed by atoms with Gasteiger partial charge in [-0.3, -0.25) is 4.79 Å². The largest absolute Gasteiger partial charge is 0.454 e. The first-order valence-electron chi connectivity index (χ1n) is 8.56. The predicted octanol–water partition coefficient (Wildman–Crippen LogP) is 2.94. The minimum atomic E-state index is -0.887. The van der Waals surface area contributed by atoms with Gasteiger partial charge in [-0.2, -0.15) is 0 Å². The summed E-state index contributed by atoms with van der Waals surface area (Å²) in [7, 11) is 0. The number of hydrogen-bond donors (Lipinski definition) is 0. The van der Waals surface area contributed by atoms with Crippen molar-refractivity contribution in [1.82, 2.24) is 0 Å². The second-order valence-corrected chi connectivity index (χ2v) is 6.51. The van der Waals surface area contributed by atoms with Crippen molar-refractivity contribution in [3.8, 4) is 11.5 Å². The number of fused-ring (bicyclic) bond motifs is 2. The van der Waals surface area contributed by atoms with Gasteiger partial charge in [0.15, 0.2) is 17.6 Å². The molecule has 2 aromatic carbocycles. The van der Waals surface area contributed by atoms with Gasteiger partial charge in [-0.15, -0.1) is 0 Å². The minimum absolute atomic E-state index is 0.0339. The van der Waals surface area contributed by atoms with E-state index in [1.165, 1.54) is 0 Å². The zero-order valence-electron chi connectivity index (χ0n) is 14.6. The van der Waals surface area contributed by atoms with E-state index in [9.17, 15) is 9.59 Å². The number of esters is 1. The molecule has 2 aliphatic heterocycles. The van der Waals surface area contributed by atoms with Crippen molar-refractivity contribution < 1.29 is 23.8 Å². The van der Waals surface area contributed by atoms with E-state index in [0.717, 1.165) is 17.7 Å². The van der Waals surface area contributed by atoms with Crippen molar-refractivity contribution in [3.63, 3.8) is 0 Å². The normalized spacial score (nSPS) is 18.4. The number of hydrogen-bond acceptors (Lipinski definition) is 5. The Kier molecular flexibility index (Phi) is 4.03. The van der Waals surface area contributed by atoms with E-state index in [-0.39, 0.29) is 18.7 Å². The Morgan fingerprint density at radius 2 is 1.92 bits per heavy atom. The highest BCUT2D eigenvalue weighted by Gasteiger charge is 2.34. The third kappa shape index (κ3) is 2.77. The van der Waals surface area contributed by atoms with E-state index >= 15 is 0 Å².